The third kappa shape index (κ3) is 2.96. The quantitative estimate of drug-likeness (QED) is 0.804. The van der Waals surface area contributed by atoms with Crippen LogP contribution in [0.15, 0.2) is 48.5 Å². The van der Waals surface area contributed by atoms with Gasteiger partial charge in [0, 0.05) is 26.2 Å². The van der Waals surface area contributed by atoms with Crippen LogP contribution in [0.2, 0.25) is 0 Å². The number of aliphatic hydroxyl groups is 1. The second-order valence-electron chi connectivity index (χ2n) is 5.66. The normalized spacial score (nSPS) is 10.9. The van der Waals surface area contributed by atoms with E-state index in [-0.39, 0.29) is 12.5 Å². The molecule has 5 heteroatoms. The minimum absolute atomic E-state index is 0.0133. The molecule has 0 saturated carbocycles. The molecule has 1 N–H and O–H groups in total. The number of amides is 1. The third-order valence-corrected chi connectivity index (χ3v) is 3.82. The van der Waals surface area contributed by atoms with E-state index in [0.29, 0.717) is 17.9 Å². The average molecular weight is 309 g/mol. The standard InChI is InChI=1S/C18H19N3O2/c1-20(2)18(23)14-9-7-13(8-10-14)11-21-16-6-4-3-5-15(16)19-17(21)12-22/h3-10,22H,11-12H2,1-2H3. The van der Waals surface area contributed by atoms with Crippen LogP contribution in [0.4, 0.5) is 0 Å². The number of imidazole rings is 1. The molecule has 2 aromatic carbocycles. The minimum atomic E-state index is -0.105. The molecule has 3 rings (SSSR count). The van der Waals surface area contributed by atoms with E-state index in [9.17, 15) is 9.90 Å². The van der Waals surface area contributed by atoms with Crippen LogP contribution in [0.1, 0.15) is 21.7 Å². The van der Waals surface area contributed by atoms with Crippen LogP contribution in [-0.4, -0.2) is 39.6 Å². The van der Waals surface area contributed by atoms with Gasteiger partial charge in [0.05, 0.1) is 11.0 Å². The number of aromatic nitrogens is 2. The third-order valence-electron chi connectivity index (χ3n) is 3.82. The number of hydrogen-bond donors (Lipinski definition) is 1. The number of para-hydroxylation sites is 2. The highest BCUT2D eigenvalue weighted by Crippen LogP contribution is 2.18. The number of rotatable bonds is 4. The number of carbonyl (C=O) groups is 1. The van der Waals surface area contributed by atoms with Gasteiger partial charge in [-0.05, 0) is 29.8 Å². The molecule has 0 aliphatic rings. The maximum Gasteiger partial charge on any atom is 0.253 e. The largest absolute Gasteiger partial charge is 0.388 e. The lowest BCUT2D eigenvalue weighted by molar-refractivity contribution is 0.0827. The van der Waals surface area contributed by atoms with Crippen LogP contribution in [-0.2, 0) is 13.2 Å². The van der Waals surface area contributed by atoms with Crippen molar-refractivity contribution in [2.24, 2.45) is 0 Å². The molecule has 23 heavy (non-hydrogen) atoms. The Morgan fingerprint density at radius 1 is 1.13 bits per heavy atom. The monoisotopic (exact) mass is 309 g/mol. The van der Waals surface area contributed by atoms with E-state index in [1.165, 1.54) is 0 Å². The van der Waals surface area contributed by atoms with Gasteiger partial charge in [0.1, 0.15) is 12.4 Å². The van der Waals surface area contributed by atoms with Crippen molar-refractivity contribution in [1.82, 2.24) is 14.5 Å². The van der Waals surface area contributed by atoms with Crippen molar-refractivity contribution >= 4 is 16.9 Å². The summed E-state index contributed by atoms with van der Waals surface area (Å²) < 4.78 is 2.00. The summed E-state index contributed by atoms with van der Waals surface area (Å²) >= 11 is 0. The van der Waals surface area contributed by atoms with E-state index in [2.05, 4.69) is 4.98 Å². The van der Waals surface area contributed by atoms with E-state index >= 15 is 0 Å². The molecule has 1 amide bonds. The molecule has 5 nitrogen and oxygen atoms in total. The maximum absolute atomic E-state index is 11.9. The number of benzene rings is 2. The molecule has 3 aromatic rings. The Balaban J connectivity index is 1.92. The lowest BCUT2D eigenvalue weighted by Gasteiger charge is -2.11. The van der Waals surface area contributed by atoms with Gasteiger partial charge in [-0.25, -0.2) is 4.98 Å². The summed E-state index contributed by atoms with van der Waals surface area (Å²) in [6, 6.07) is 15.3. The Morgan fingerprint density at radius 3 is 2.48 bits per heavy atom. The maximum atomic E-state index is 11.9. The Kier molecular flexibility index (Phi) is 4.12. The fraction of sp³-hybridized carbons (Fsp3) is 0.222. The van der Waals surface area contributed by atoms with E-state index < -0.39 is 0 Å². The predicted molar refractivity (Wildman–Crippen MR) is 89.2 cm³/mol. The highest BCUT2D eigenvalue weighted by atomic mass is 16.3. The number of nitrogens with zero attached hydrogens (tertiary/aromatic N) is 3. The van der Waals surface area contributed by atoms with Crippen LogP contribution in [0, 0.1) is 0 Å². The molecule has 0 bridgehead atoms. The lowest BCUT2D eigenvalue weighted by atomic mass is 10.1. The van der Waals surface area contributed by atoms with Gasteiger partial charge in [0.2, 0.25) is 0 Å². The van der Waals surface area contributed by atoms with Gasteiger partial charge >= 0.3 is 0 Å². The molecule has 0 unspecified atom stereocenters. The Labute approximate surface area is 134 Å². The SMILES string of the molecule is CN(C)C(=O)c1ccc(Cn2c(CO)nc3ccccc32)cc1. The zero-order valence-electron chi connectivity index (χ0n) is 13.2. The number of hydrogen-bond acceptors (Lipinski definition) is 3. The minimum Gasteiger partial charge on any atom is -0.388 e. The van der Waals surface area contributed by atoms with Gasteiger partial charge in [0.15, 0.2) is 0 Å². The second-order valence-corrected chi connectivity index (χ2v) is 5.66. The van der Waals surface area contributed by atoms with Crippen LogP contribution in [0.25, 0.3) is 11.0 Å². The van der Waals surface area contributed by atoms with Gasteiger partial charge in [-0.15, -0.1) is 0 Å². The fourth-order valence-electron chi connectivity index (χ4n) is 2.62. The van der Waals surface area contributed by atoms with E-state index in [1.807, 2.05) is 53.1 Å². The first-order chi connectivity index (χ1) is 11.1. The molecule has 0 aliphatic heterocycles. The summed E-state index contributed by atoms with van der Waals surface area (Å²) in [6.45, 7) is 0.499. The van der Waals surface area contributed by atoms with Gasteiger partial charge in [0.25, 0.3) is 5.91 Å². The Hall–Kier alpha value is -2.66. The summed E-state index contributed by atoms with van der Waals surface area (Å²) in [6.07, 6.45) is 0. The molecule has 1 heterocycles. The van der Waals surface area contributed by atoms with E-state index in [0.717, 1.165) is 16.6 Å². The van der Waals surface area contributed by atoms with Gasteiger partial charge in [-0.1, -0.05) is 24.3 Å². The summed E-state index contributed by atoms with van der Waals surface area (Å²) in [7, 11) is 3.47. The van der Waals surface area contributed by atoms with E-state index in [4.69, 9.17) is 0 Å². The van der Waals surface area contributed by atoms with Gasteiger partial charge in [-0.2, -0.15) is 0 Å². The molecule has 0 radical (unpaired) electrons. The first-order valence-electron chi connectivity index (χ1n) is 7.45. The smallest absolute Gasteiger partial charge is 0.253 e. The summed E-state index contributed by atoms with van der Waals surface area (Å²) in [5.41, 5.74) is 3.58. The van der Waals surface area contributed by atoms with Crippen LogP contribution >= 0.6 is 0 Å². The molecular weight excluding hydrogens is 290 g/mol. The molecule has 0 saturated heterocycles. The van der Waals surface area contributed by atoms with Crippen LogP contribution in [0.3, 0.4) is 0 Å². The Morgan fingerprint density at radius 2 is 1.83 bits per heavy atom. The van der Waals surface area contributed by atoms with Crippen molar-refractivity contribution < 1.29 is 9.90 Å². The van der Waals surface area contributed by atoms with Crippen molar-refractivity contribution in [2.45, 2.75) is 13.2 Å². The molecule has 0 atom stereocenters. The summed E-state index contributed by atoms with van der Waals surface area (Å²) in [5, 5.41) is 9.54. The average Bonchev–Trinajstić information content (AvgIpc) is 2.93. The first kappa shape index (κ1) is 15.2. The van der Waals surface area contributed by atoms with Gasteiger partial charge < -0.3 is 14.6 Å². The highest BCUT2D eigenvalue weighted by molar-refractivity contribution is 5.93. The predicted octanol–water partition coefficient (Wildman–Crippen LogP) is 2.28. The van der Waals surface area contributed by atoms with Crippen molar-refractivity contribution in [3.63, 3.8) is 0 Å². The van der Waals surface area contributed by atoms with E-state index in [1.54, 1.807) is 19.0 Å². The summed E-state index contributed by atoms with van der Waals surface area (Å²) in [5.74, 6) is 0.625. The Bertz CT molecular complexity index is 835. The number of aliphatic hydroxyl groups excluding tert-OH is 1. The highest BCUT2D eigenvalue weighted by Gasteiger charge is 2.11. The topological polar surface area (TPSA) is 58.4 Å². The zero-order chi connectivity index (χ0) is 16.4. The zero-order valence-corrected chi connectivity index (χ0v) is 13.2. The molecule has 0 aliphatic carbocycles. The number of carbonyl (C=O) groups excluding carboxylic acids is 1. The molecule has 118 valence electrons. The number of fused-ring (bicyclic) bond motifs is 1. The molecular formula is C18H19N3O2. The summed E-state index contributed by atoms with van der Waals surface area (Å²) in [4.78, 5) is 17.9. The van der Waals surface area contributed by atoms with Crippen LogP contribution < -0.4 is 0 Å². The van der Waals surface area contributed by atoms with Crippen LogP contribution in [0.5, 0.6) is 0 Å². The van der Waals surface area contributed by atoms with Crippen molar-refractivity contribution in [3.8, 4) is 0 Å². The molecule has 0 spiro atoms. The molecule has 1 aromatic heterocycles. The lowest BCUT2D eigenvalue weighted by Crippen LogP contribution is -2.21. The fourth-order valence-corrected chi connectivity index (χ4v) is 2.62. The van der Waals surface area contributed by atoms with Crippen molar-refractivity contribution in [2.75, 3.05) is 14.1 Å². The van der Waals surface area contributed by atoms with Crippen molar-refractivity contribution in [1.29, 1.82) is 0 Å². The first-order valence-corrected chi connectivity index (χ1v) is 7.45. The molecule has 0 fully saturated rings. The second kappa shape index (κ2) is 6.22. The van der Waals surface area contributed by atoms with Crippen molar-refractivity contribution in [3.05, 3.63) is 65.5 Å². The van der Waals surface area contributed by atoms with Gasteiger partial charge in [-0.3, -0.25) is 4.79 Å².